The lowest BCUT2D eigenvalue weighted by molar-refractivity contribution is -0.162. The van der Waals surface area contributed by atoms with E-state index in [0.717, 1.165) is 12.8 Å². The van der Waals surface area contributed by atoms with Crippen molar-refractivity contribution < 1.29 is 23.4 Å². The van der Waals surface area contributed by atoms with Gasteiger partial charge in [0.15, 0.2) is 0 Å². The molecule has 2 aromatic rings. The van der Waals surface area contributed by atoms with E-state index in [2.05, 4.69) is 9.97 Å². The lowest BCUT2D eigenvalue weighted by atomic mass is 9.74. The van der Waals surface area contributed by atoms with Gasteiger partial charge in [-0.2, -0.15) is 4.31 Å². The second-order valence-electron chi connectivity index (χ2n) is 7.33. The van der Waals surface area contributed by atoms with Crippen molar-refractivity contribution in [3.63, 3.8) is 0 Å². The van der Waals surface area contributed by atoms with Gasteiger partial charge >= 0.3 is 5.97 Å². The number of benzene rings is 1. The van der Waals surface area contributed by atoms with Gasteiger partial charge in [-0.05, 0) is 37.0 Å². The molecule has 1 aromatic carbocycles. The van der Waals surface area contributed by atoms with E-state index in [1.165, 1.54) is 22.8 Å². The highest BCUT2D eigenvalue weighted by Crippen LogP contribution is 2.45. The number of fused-ring (bicyclic) bond motifs is 1. The minimum Gasteiger partial charge on any atom is -0.481 e. The van der Waals surface area contributed by atoms with Crippen LogP contribution in [0.2, 0.25) is 0 Å². The Labute approximate surface area is 150 Å². The molecule has 8 nitrogen and oxygen atoms in total. The third-order valence-corrected chi connectivity index (χ3v) is 7.39. The first-order valence-electron chi connectivity index (χ1n) is 8.68. The van der Waals surface area contributed by atoms with E-state index < -0.39 is 27.5 Å². The van der Waals surface area contributed by atoms with Crippen molar-refractivity contribution in [1.29, 1.82) is 0 Å². The highest BCUT2D eigenvalue weighted by Gasteiger charge is 2.53. The highest BCUT2D eigenvalue weighted by atomic mass is 32.2. The van der Waals surface area contributed by atoms with E-state index in [0.29, 0.717) is 17.5 Å². The van der Waals surface area contributed by atoms with Gasteiger partial charge in [0.2, 0.25) is 10.0 Å². The Morgan fingerprint density at radius 2 is 2.12 bits per heavy atom. The number of nitrogens with one attached hydrogen (secondary N) is 1. The van der Waals surface area contributed by atoms with Gasteiger partial charge in [-0.25, -0.2) is 13.4 Å². The van der Waals surface area contributed by atoms with Gasteiger partial charge in [-0.1, -0.05) is 12.8 Å². The molecule has 0 unspecified atom stereocenters. The van der Waals surface area contributed by atoms with Gasteiger partial charge in [-0.3, -0.25) is 4.79 Å². The van der Waals surface area contributed by atoms with E-state index in [9.17, 15) is 23.4 Å². The molecule has 1 aromatic heterocycles. The van der Waals surface area contributed by atoms with Crippen molar-refractivity contribution in [3.05, 3.63) is 24.5 Å². The standard InChI is InChI=1S/C17H21N3O5S/c21-15-5-6-20(9-17(15,16(22)23)8-11-1-2-11)26(24,25)12-3-4-13-14(7-12)19-10-18-13/h3-4,7,10-11,15,21H,1-2,5-6,8-9H2,(H,18,19)(H,22,23)/t15-,17-/m0/s1. The lowest BCUT2D eigenvalue weighted by Crippen LogP contribution is -2.57. The minimum absolute atomic E-state index is 0.0938. The van der Waals surface area contributed by atoms with Crippen molar-refractivity contribution in [2.75, 3.05) is 13.1 Å². The molecule has 140 valence electrons. The van der Waals surface area contributed by atoms with Crippen LogP contribution in [0.3, 0.4) is 0 Å². The number of imidazole rings is 1. The average Bonchev–Trinajstić information content (AvgIpc) is 3.29. The van der Waals surface area contributed by atoms with Gasteiger partial charge in [0.05, 0.1) is 28.4 Å². The third-order valence-electron chi connectivity index (χ3n) is 5.55. The molecule has 3 N–H and O–H groups in total. The van der Waals surface area contributed by atoms with Gasteiger partial charge < -0.3 is 15.2 Å². The summed E-state index contributed by atoms with van der Waals surface area (Å²) in [5, 5.41) is 20.2. The number of carboxylic acids is 1. The molecule has 0 bridgehead atoms. The van der Waals surface area contributed by atoms with Crippen LogP contribution < -0.4 is 0 Å². The van der Waals surface area contributed by atoms with Crippen LogP contribution in [0.15, 0.2) is 29.4 Å². The second kappa shape index (κ2) is 6.04. The predicted octanol–water partition coefficient (Wildman–Crippen LogP) is 1.19. The van der Waals surface area contributed by atoms with Crippen molar-refractivity contribution in [3.8, 4) is 0 Å². The van der Waals surface area contributed by atoms with Crippen molar-refractivity contribution in [1.82, 2.24) is 14.3 Å². The number of H-pyrrole nitrogens is 1. The number of rotatable bonds is 5. The number of nitrogens with zero attached hydrogens (tertiary/aromatic N) is 2. The van der Waals surface area contributed by atoms with Gasteiger partial charge in [0.25, 0.3) is 0 Å². The van der Waals surface area contributed by atoms with E-state index in [1.807, 2.05) is 0 Å². The SMILES string of the molecule is O=C(O)[C@@]1(CC2CC2)CN(S(=O)(=O)c2ccc3nc[nH]c3c2)CC[C@@H]1O. The summed E-state index contributed by atoms with van der Waals surface area (Å²) in [5.74, 6) is -0.870. The molecule has 2 atom stereocenters. The lowest BCUT2D eigenvalue weighted by Gasteiger charge is -2.42. The maximum atomic E-state index is 13.1. The molecule has 0 spiro atoms. The summed E-state index contributed by atoms with van der Waals surface area (Å²) in [5.41, 5.74) is -0.179. The molecule has 2 fully saturated rings. The molecular weight excluding hydrogens is 358 g/mol. The fourth-order valence-corrected chi connectivity index (χ4v) is 5.36. The summed E-state index contributed by atoms with van der Waals surface area (Å²) in [6, 6.07) is 4.60. The molecule has 4 rings (SSSR count). The van der Waals surface area contributed by atoms with Crippen molar-refractivity contribution in [2.45, 2.75) is 36.7 Å². The van der Waals surface area contributed by atoms with Gasteiger partial charge in [0.1, 0.15) is 5.41 Å². The van der Waals surface area contributed by atoms with E-state index in [4.69, 9.17) is 0 Å². The summed E-state index contributed by atoms with van der Waals surface area (Å²) in [7, 11) is -3.86. The third kappa shape index (κ3) is 2.80. The Balaban J connectivity index is 1.68. The molecule has 0 amide bonds. The fourth-order valence-electron chi connectivity index (χ4n) is 3.81. The zero-order valence-corrected chi connectivity index (χ0v) is 14.9. The van der Waals surface area contributed by atoms with Gasteiger partial charge in [0, 0.05) is 13.1 Å². The number of carbonyl (C=O) groups is 1. The van der Waals surface area contributed by atoms with E-state index >= 15 is 0 Å². The molecule has 26 heavy (non-hydrogen) atoms. The number of aliphatic hydroxyl groups excluding tert-OH is 1. The molecule has 2 aliphatic rings. The number of hydrogen-bond acceptors (Lipinski definition) is 5. The van der Waals surface area contributed by atoms with Crippen LogP contribution in [0, 0.1) is 11.3 Å². The van der Waals surface area contributed by atoms with Crippen LogP contribution in [0.5, 0.6) is 0 Å². The smallest absolute Gasteiger partial charge is 0.313 e. The topological polar surface area (TPSA) is 124 Å². The zero-order chi connectivity index (χ0) is 18.5. The monoisotopic (exact) mass is 379 g/mol. The molecule has 9 heteroatoms. The van der Waals surface area contributed by atoms with Crippen LogP contribution in [0.25, 0.3) is 11.0 Å². The number of aromatic nitrogens is 2. The fraction of sp³-hybridized carbons (Fsp3) is 0.529. The quantitative estimate of drug-likeness (QED) is 0.717. The first-order valence-corrected chi connectivity index (χ1v) is 10.1. The summed E-state index contributed by atoms with van der Waals surface area (Å²) >= 11 is 0. The predicted molar refractivity (Wildman–Crippen MR) is 92.9 cm³/mol. The number of carboxylic acid groups (broad SMARTS) is 1. The number of hydrogen-bond donors (Lipinski definition) is 3. The number of piperidine rings is 1. The van der Waals surface area contributed by atoms with Crippen LogP contribution in [-0.2, 0) is 14.8 Å². The number of sulfonamides is 1. The maximum absolute atomic E-state index is 13.1. The molecule has 2 heterocycles. The van der Waals surface area contributed by atoms with Crippen LogP contribution in [0.1, 0.15) is 25.7 Å². The first-order chi connectivity index (χ1) is 12.3. The normalized spacial score (nSPS) is 27.7. The Hall–Kier alpha value is -1.97. The Morgan fingerprint density at radius 1 is 1.35 bits per heavy atom. The number of aliphatic carboxylic acids is 1. The van der Waals surface area contributed by atoms with Crippen LogP contribution >= 0.6 is 0 Å². The van der Waals surface area contributed by atoms with Gasteiger partial charge in [-0.15, -0.1) is 0 Å². The Morgan fingerprint density at radius 3 is 2.81 bits per heavy atom. The van der Waals surface area contributed by atoms with E-state index in [1.54, 1.807) is 6.07 Å². The number of aliphatic hydroxyl groups is 1. The molecule has 1 saturated carbocycles. The summed E-state index contributed by atoms with van der Waals surface area (Å²) in [6.07, 6.45) is 2.75. The summed E-state index contributed by atoms with van der Waals surface area (Å²) in [6.45, 7) is -0.104. The Kier molecular flexibility index (Phi) is 4.05. The summed E-state index contributed by atoms with van der Waals surface area (Å²) in [4.78, 5) is 19.1. The maximum Gasteiger partial charge on any atom is 0.313 e. The zero-order valence-electron chi connectivity index (χ0n) is 14.1. The largest absolute Gasteiger partial charge is 0.481 e. The van der Waals surface area contributed by atoms with E-state index in [-0.39, 0.29) is 30.3 Å². The molecule has 0 radical (unpaired) electrons. The number of aromatic amines is 1. The first kappa shape index (κ1) is 17.4. The molecule has 1 aliphatic carbocycles. The molecular formula is C17H21N3O5S. The van der Waals surface area contributed by atoms with Crippen molar-refractivity contribution in [2.24, 2.45) is 11.3 Å². The van der Waals surface area contributed by atoms with Crippen molar-refractivity contribution >= 4 is 27.0 Å². The van der Waals surface area contributed by atoms with Crippen LogP contribution in [-0.4, -0.2) is 58.1 Å². The Bertz CT molecular complexity index is 952. The minimum atomic E-state index is -3.86. The second-order valence-corrected chi connectivity index (χ2v) is 9.27. The van der Waals surface area contributed by atoms with Crippen LogP contribution in [0.4, 0.5) is 0 Å². The molecule has 1 aliphatic heterocycles. The molecule has 1 saturated heterocycles. The average molecular weight is 379 g/mol. The highest BCUT2D eigenvalue weighted by molar-refractivity contribution is 7.89. The summed E-state index contributed by atoms with van der Waals surface area (Å²) < 4.78 is 27.4.